The Kier molecular flexibility index (Phi) is 15.6. The third kappa shape index (κ3) is 13.9. The zero-order valence-electron chi connectivity index (χ0n) is 20.0. The second-order valence-electron chi connectivity index (χ2n) is 8.85. The normalized spacial score (nSPS) is 11.0. The molecule has 0 saturated carbocycles. The minimum atomic E-state index is -0.548. The summed E-state index contributed by atoms with van der Waals surface area (Å²) in [6.07, 6.45) is 22.6. The number of carbonyl (C=O) groups excluding carboxylic acids is 1. The van der Waals surface area contributed by atoms with Crippen LogP contribution in [0.15, 0.2) is 15.8 Å². The monoisotopic (exact) mass is 435 g/mol. The number of hydrogen-bond acceptors (Lipinski definition) is 3. The molecule has 6 heteroatoms. The van der Waals surface area contributed by atoms with Gasteiger partial charge in [-0.25, -0.2) is 4.79 Å². The summed E-state index contributed by atoms with van der Waals surface area (Å²) in [5.74, 6) is -0.200. The van der Waals surface area contributed by atoms with E-state index >= 15 is 0 Å². The van der Waals surface area contributed by atoms with Gasteiger partial charge in [-0.1, -0.05) is 103 Å². The van der Waals surface area contributed by atoms with E-state index in [9.17, 15) is 14.4 Å². The minimum Gasteiger partial charge on any atom is -0.355 e. The first-order valence-corrected chi connectivity index (χ1v) is 12.6. The van der Waals surface area contributed by atoms with Crippen molar-refractivity contribution in [2.45, 2.75) is 123 Å². The largest absolute Gasteiger partial charge is 0.355 e. The van der Waals surface area contributed by atoms with Crippen LogP contribution in [0.3, 0.4) is 0 Å². The van der Waals surface area contributed by atoms with Crippen LogP contribution in [0.4, 0.5) is 0 Å². The van der Waals surface area contributed by atoms with Crippen molar-refractivity contribution in [2.75, 3.05) is 6.54 Å². The van der Waals surface area contributed by atoms with Crippen LogP contribution in [-0.4, -0.2) is 22.0 Å². The van der Waals surface area contributed by atoms with E-state index < -0.39 is 11.2 Å². The van der Waals surface area contributed by atoms with Crippen LogP contribution in [0.5, 0.6) is 0 Å². The Hall–Kier alpha value is -1.85. The number of aromatic amines is 1. The smallest absolute Gasteiger partial charge is 0.328 e. The van der Waals surface area contributed by atoms with Gasteiger partial charge < -0.3 is 5.32 Å². The molecule has 0 atom stereocenters. The molecule has 1 amide bonds. The fraction of sp³-hybridized carbons (Fsp3) is 0.800. The lowest BCUT2D eigenvalue weighted by atomic mass is 10.0. The van der Waals surface area contributed by atoms with Crippen molar-refractivity contribution in [1.29, 1.82) is 0 Å². The van der Waals surface area contributed by atoms with E-state index in [2.05, 4.69) is 17.2 Å². The molecule has 0 spiro atoms. The van der Waals surface area contributed by atoms with Gasteiger partial charge in [0, 0.05) is 18.3 Å². The molecule has 0 saturated heterocycles. The van der Waals surface area contributed by atoms with Crippen LogP contribution in [0, 0.1) is 6.92 Å². The number of hydrogen-bond donors (Lipinski definition) is 2. The Bertz CT molecular complexity index is 709. The number of rotatable bonds is 19. The van der Waals surface area contributed by atoms with Gasteiger partial charge in [-0.3, -0.25) is 19.1 Å². The number of unbranched alkanes of at least 4 members (excludes halogenated alkanes) is 15. The number of nitrogens with one attached hydrogen (secondary N) is 2. The lowest BCUT2D eigenvalue weighted by molar-refractivity contribution is -0.121. The highest BCUT2D eigenvalue weighted by Gasteiger charge is 2.06. The first kappa shape index (κ1) is 27.2. The molecule has 178 valence electrons. The molecular formula is C25H45N3O3. The Balaban J connectivity index is 1.88. The molecule has 2 N–H and O–H groups in total. The maximum Gasteiger partial charge on any atom is 0.328 e. The van der Waals surface area contributed by atoms with Crippen molar-refractivity contribution in [3.05, 3.63) is 32.6 Å². The number of amides is 1. The van der Waals surface area contributed by atoms with E-state index in [1.807, 2.05) is 0 Å². The Morgan fingerprint density at radius 3 is 1.74 bits per heavy atom. The Labute approximate surface area is 188 Å². The average molecular weight is 436 g/mol. The summed E-state index contributed by atoms with van der Waals surface area (Å²) in [7, 11) is 0. The summed E-state index contributed by atoms with van der Waals surface area (Å²) in [6.45, 7) is 4.46. The molecule has 0 aromatic carbocycles. The summed E-state index contributed by atoms with van der Waals surface area (Å²) in [6, 6.07) is 0. The van der Waals surface area contributed by atoms with Crippen molar-refractivity contribution in [2.24, 2.45) is 0 Å². The van der Waals surface area contributed by atoms with Crippen LogP contribution >= 0.6 is 0 Å². The standard InChI is InChI=1S/C25H45N3O3/c1-3-4-5-6-7-8-9-10-11-12-13-14-15-16-17-18-19-26-23(29)21-28-20-22(2)24(30)27-25(28)31/h20H,3-19,21H2,1-2H3,(H,26,29)(H,27,30,31). The van der Waals surface area contributed by atoms with Crippen LogP contribution in [0.1, 0.15) is 115 Å². The van der Waals surface area contributed by atoms with E-state index in [0.717, 1.165) is 12.8 Å². The number of carbonyl (C=O) groups is 1. The second-order valence-corrected chi connectivity index (χ2v) is 8.85. The van der Waals surface area contributed by atoms with Crippen molar-refractivity contribution >= 4 is 5.91 Å². The maximum absolute atomic E-state index is 12.0. The zero-order valence-corrected chi connectivity index (χ0v) is 20.0. The van der Waals surface area contributed by atoms with E-state index in [1.54, 1.807) is 6.92 Å². The van der Waals surface area contributed by atoms with Crippen molar-refractivity contribution in [3.63, 3.8) is 0 Å². The lowest BCUT2D eigenvalue weighted by Crippen LogP contribution is -2.36. The third-order valence-electron chi connectivity index (χ3n) is 5.86. The molecule has 6 nitrogen and oxygen atoms in total. The molecule has 1 heterocycles. The molecule has 0 aliphatic carbocycles. The average Bonchev–Trinajstić information content (AvgIpc) is 2.74. The number of aromatic nitrogens is 2. The predicted molar refractivity (Wildman–Crippen MR) is 129 cm³/mol. The molecule has 0 aliphatic heterocycles. The number of H-pyrrole nitrogens is 1. The Morgan fingerprint density at radius 2 is 1.26 bits per heavy atom. The summed E-state index contributed by atoms with van der Waals surface area (Å²) >= 11 is 0. The molecular weight excluding hydrogens is 390 g/mol. The van der Waals surface area contributed by atoms with Crippen molar-refractivity contribution in [1.82, 2.24) is 14.9 Å². The van der Waals surface area contributed by atoms with Crippen LogP contribution in [-0.2, 0) is 11.3 Å². The van der Waals surface area contributed by atoms with Crippen LogP contribution in [0.25, 0.3) is 0 Å². The predicted octanol–water partition coefficient (Wildman–Crippen LogP) is 5.22. The van der Waals surface area contributed by atoms with Gasteiger partial charge in [0.15, 0.2) is 0 Å². The van der Waals surface area contributed by atoms with E-state index in [0.29, 0.717) is 12.1 Å². The first-order chi connectivity index (χ1) is 15.0. The van der Waals surface area contributed by atoms with Gasteiger partial charge in [0.1, 0.15) is 6.54 Å². The molecule has 31 heavy (non-hydrogen) atoms. The van der Waals surface area contributed by atoms with Crippen LogP contribution < -0.4 is 16.6 Å². The molecule has 0 bridgehead atoms. The van der Waals surface area contributed by atoms with Gasteiger partial charge in [-0.05, 0) is 13.3 Å². The van der Waals surface area contributed by atoms with Gasteiger partial charge in [0.2, 0.25) is 5.91 Å². The van der Waals surface area contributed by atoms with Crippen molar-refractivity contribution < 1.29 is 4.79 Å². The highest BCUT2D eigenvalue weighted by atomic mass is 16.2. The number of aryl methyl sites for hydroxylation is 1. The SMILES string of the molecule is CCCCCCCCCCCCCCCCCCNC(=O)Cn1cc(C)c(=O)[nH]c1=O. The molecule has 0 radical (unpaired) electrons. The molecule has 1 aromatic rings. The van der Waals surface area contributed by atoms with Gasteiger partial charge >= 0.3 is 5.69 Å². The van der Waals surface area contributed by atoms with Gasteiger partial charge in [0.25, 0.3) is 5.56 Å². The first-order valence-electron chi connectivity index (χ1n) is 12.6. The summed E-state index contributed by atoms with van der Waals surface area (Å²) in [5, 5.41) is 2.85. The zero-order chi connectivity index (χ0) is 22.7. The summed E-state index contributed by atoms with van der Waals surface area (Å²) in [5.41, 5.74) is -0.534. The summed E-state index contributed by atoms with van der Waals surface area (Å²) < 4.78 is 1.24. The van der Waals surface area contributed by atoms with E-state index in [-0.39, 0.29) is 12.5 Å². The van der Waals surface area contributed by atoms with Gasteiger partial charge in [-0.2, -0.15) is 0 Å². The van der Waals surface area contributed by atoms with Crippen LogP contribution in [0.2, 0.25) is 0 Å². The lowest BCUT2D eigenvalue weighted by Gasteiger charge is -2.07. The fourth-order valence-corrected chi connectivity index (χ4v) is 3.85. The molecule has 0 unspecified atom stereocenters. The minimum absolute atomic E-state index is 0.0602. The topological polar surface area (TPSA) is 84.0 Å². The highest BCUT2D eigenvalue weighted by Crippen LogP contribution is 2.13. The van der Waals surface area contributed by atoms with Gasteiger partial charge in [0.05, 0.1) is 0 Å². The quantitative estimate of drug-likeness (QED) is 0.292. The maximum atomic E-state index is 12.0. The van der Waals surface area contributed by atoms with Gasteiger partial charge in [-0.15, -0.1) is 0 Å². The highest BCUT2D eigenvalue weighted by molar-refractivity contribution is 5.75. The van der Waals surface area contributed by atoms with E-state index in [4.69, 9.17) is 0 Å². The summed E-state index contributed by atoms with van der Waals surface area (Å²) in [4.78, 5) is 37.2. The molecule has 0 aliphatic rings. The van der Waals surface area contributed by atoms with E-state index in [1.165, 1.54) is 101 Å². The number of nitrogens with zero attached hydrogens (tertiary/aromatic N) is 1. The third-order valence-corrected chi connectivity index (χ3v) is 5.86. The second kappa shape index (κ2) is 17.8. The Morgan fingerprint density at radius 1 is 0.806 bits per heavy atom. The van der Waals surface area contributed by atoms with Crippen molar-refractivity contribution in [3.8, 4) is 0 Å². The fourth-order valence-electron chi connectivity index (χ4n) is 3.85. The molecule has 1 rings (SSSR count). The molecule has 1 aromatic heterocycles. The molecule has 0 fully saturated rings.